The standard InChI is InChI=1S/C11H17NO4S/c1-7(14)12-5-4-9(15)11(16)10-3-2-8(6-13)17-10/h2-3,9,11,13,15-16H,4-6H2,1H3,(H,12,14). The molecule has 0 aliphatic rings. The first-order valence-electron chi connectivity index (χ1n) is 5.34. The predicted octanol–water partition coefficient (Wildman–Crippen LogP) is 0.161. The van der Waals surface area contributed by atoms with Crippen molar-refractivity contribution in [3.8, 4) is 0 Å². The summed E-state index contributed by atoms with van der Waals surface area (Å²) in [5, 5.41) is 31.0. The third-order valence-corrected chi connectivity index (χ3v) is 3.45. The molecule has 0 aliphatic heterocycles. The van der Waals surface area contributed by atoms with E-state index in [4.69, 9.17) is 5.11 Å². The van der Waals surface area contributed by atoms with Gasteiger partial charge in [0.1, 0.15) is 6.10 Å². The fourth-order valence-corrected chi connectivity index (χ4v) is 2.30. The van der Waals surface area contributed by atoms with Crippen molar-refractivity contribution >= 4 is 17.2 Å². The molecule has 5 nitrogen and oxygen atoms in total. The molecule has 2 atom stereocenters. The maximum absolute atomic E-state index is 10.6. The Bertz CT molecular complexity index is 366. The molecule has 1 aromatic rings. The van der Waals surface area contributed by atoms with Crippen molar-refractivity contribution in [2.45, 2.75) is 32.2 Å². The van der Waals surface area contributed by atoms with Crippen molar-refractivity contribution in [3.05, 3.63) is 21.9 Å². The van der Waals surface area contributed by atoms with Gasteiger partial charge in [0.25, 0.3) is 0 Å². The molecule has 0 bridgehead atoms. The molecule has 0 spiro atoms. The number of amides is 1. The summed E-state index contributed by atoms with van der Waals surface area (Å²) in [7, 11) is 0. The summed E-state index contributed by atoms with van der Waals surface area (Å²) in [5.74, 6) is -0.162. The highest BCUT2D eigenvalue weighted by atomic mass is 32.1. The smallest absolute Gasteiger partial charge is 0.216 e. The average molecular weight is 259 g/mol. The maximum atomic E-state index is 10.6. The topological polar surface area (TPSA) is 89.8 Å². The zero-order chi connectivity index (χ0) is 12.8. The molecule has 1 heterocycles. The van der Waals surface area contributed by atoms with E-state index in [-0.39, 0.29) is 18.9 Å². The molecular formula is C11H17NO4S. The van der Waals surface area contributed by atoms with Gasteiger partial charge in [-0.2, -0.15) is 0 Å². The minimum absolute atomic E-state index is 0.0701. The SMILES string of the molecule is CC(=O)NCCC(O)C(O)c1ccc(CO)s1. The zero-order valence-corrected chi connectivity index (χ0v) is 10.4. The normalized spacial score (nSPS) is 14.4. The predicted molar refractivity (Wildman–Crippen MR) is 64.5 cm³/mol. The molecule has 0 aliphatic carbocycles. The summed E-state index contributed by atoms with van der Waals surface area (Å²) in [6.07, 6.45) is -1.62. The van der Waals surface area contributed by atoms with Crippen LogP contribution < -0.4 is 5.32 Å². The minimum atomic E-state index is -0.978. The highest BCUT2D eigenvalue weighted by molar-refractivity contribution is 7.12. The Morgan fingerprint density at radius 3 is 2.71 bits per heavy atom. The van der Waals surface area contributed by atoms with Gasteiger partial charge < -0.3 is 20.6 Å². The number of aliphatic hydroxyl groups excluding tert-OH is 3. The summed E-state index contributed by atoms with van der Waals surface area (Å²) in [4.78, 5) is 12.0. The van der Waals surface area contributed by atoms with Crippen LogP contribution in [0.4, 0.5) is 0 Å². The van der Waals surface area contributed by atoms with Gasteiger partial charge in [-0.05, 0) is 18.6 Å². The van der Waals surface area contributed by atoms with Gasteiger partial charge in [-0.25, -0.2) is 0 Å². The molecule has 0 fully saturated rings. The Hall–Kier alpha value is -0.950. The van der Waals surface area contributed by atoms with Gasteiger partial charge in [0.15, 0.2) is 0 Å². The van der Waals surface area contributed by atoms with Gasteiger partial charge in [-0.3, -0.25) is 4.79 Å². The Kier molecular flexibility index (Phi) is 5.57. The molecule has 1 amide bonds. The zero-order valence-electron chi connectivity index (χ0n) is 9.59. The second-order valence-electron chi connectivity index (χ2n) is 3.75. The number of nitrogens with one attached hydrogen (secondary N) is 1. The van der Waals surface area contributed by atoms with E-state index >= 15 is 0 Å². The first-order valence-corrected chi connectivity index (χ1v) is 6.16. The molecule has 0 radical (unpaired) electrons. The van der Waals surface area contributed by atoms with Gasteiger partial charge in [0.05, 0.1) is 12.7 Å². The largest absolute Gasteiger partial charge is 0.391 e. The first-order chi connectivity index (χ1) is 8.04. The lowest BCUT2D eigenvalue weighted by Crippen LogP contribution is -2.27. The molecule has 4 N–H and O–H groups in total. The van der Waals surface area contributed by atoms with E-state index in [2.05, 4.69) is 5.32 Å². The quantitative estimate of drug-likeness (QED) is 0.586. The van der Waals surface area contributed by atoms with Crippen LogP contribution in [0, 0.1) is 0 Å². The van der Waals surface area contributed by atoms with Crippen LogP contribution in [-0.4, -0.2) is 33.9 Å². The molecule has 1 rings (SSSR count). The van der Waals surface area contributed by atoms with Crippen molar-refractivity contribution in [2.75, 3.05) is 6.54 Å². The van der Waals surface area contributed by atoms with Crippen molar-refractivity contribution < 1.29 is 20.1 Å². The van der Waals surface area contributed by atoms with Gasteiger partial charge in [0.2, 0.25) is 5.91 Å². The van der Waals surface area contributed by atoms with Gasteiger partial charge >= 0.3 is 0 Å². The van der Waals surface area contributed by atoms with E-state index in [1.807, 2.05) is 0 Å². The van der Waals surface area contributed by atoms with Crippen molar-refractivity contribution in [1.82, 2.24) is 5.32 Å². The number of carbonyl (C=O) groups excluding carboxylic acids is 1. The summed E-state index contributed by atoms with van der Waals surface area (Å²) < 4.78 is 0. The number of thiophene rings is 1. The van der Waals surface area contributed by atoms with Crippen LogP contribution in [0.15, 0.2) is 12.1 Å². The van der Waals surface area contributed by atoms with E-state index in [9.17, 15) is 15.0 Å². The minimum Gasteiger partial charge on any atom is -0.391 e. The Labute approximate surface area is 104 Å². The molecule has 96 valence electrons. The van der Waals surface area contributed by atoms with Crippen molar-refractivity contribution in [2.24, 2.45) is 0 Å². The summed E-state index contributed by atoms with van der Waals surface area (Å²) in [6.45, 7) is 1.65. The van der Waals surface area contributed by atoms with Crippen molar-refractivity contribution in [3.63, 3.8) is 0 Å². The van der Waals surface area contributed by atoms with Crippen LogP contribution in [0.25, 0.3) is 0 Å². The maximum Gasteiger partial charge on any atom is 0.216 e. The lowest BCUT2D eigenvalue weighted by molar-refractivity contribution is -0.119. The molecule has 0 aromatic carbocycles. The molecule has 1 aromatic heterocycles. The second kappa shape index (κ2) is 6.70. The van der Waals surface area contributed by atoms with E-state index in [1.165, 1.54) is 18.3 Å². The number of hydrogen-bond donors (Lipinski definition) is 4. The summed E-state index contributed by atoms with van der Waals surface area (Å²) in [6, 6.07) is 3.40. The van der Waals surface area contributed by atoms with Gasteiger partial charge in [0, 0.05) is 23.2 Å². The molecular weight excluding hydrogens is 242 g/mol. The highest BCUT2D eigenvalue weighted by Gasteiger charge is 2.19. The number of hydrogen-bond acceptors (Lipinski definition) is 5. The second-order valence-corrected chi connectivity index (χ2v) is 4.95. The fraction of sp³-hybridized carbons (Fsp3) is 0.545. The Morgan fingerprint density at radius 2 is 2.18 bits per heavy atom. The monoisotopic (exact) mass is 259 g/mol. The fourth-order valence-electron chi connectivity index (χ4n) is 1.38. The van der Waals surface area contributed by atoms with Gasteiger partial charge in [-0.15, -0.1) is 11.3 Å². The lowest BCUT2D eigenvalue weighted by atomic mass is 10.1. The van der Waals surface area contributed by atoms with Crippen LogP contribution in [-0.2, 0) is 11.4 Å². The number of carbonyl (C=O) groups is 1. The van der Waals surface area contributed by atoms with E-state index in [0.717, 1.165) is 4.88 Å². The van der Waals surface area contributed by atoms with Crippen LogP contribution in [0.5, 0.6) is 0 Å². The number of rotatable bonds is 6. The van der Waals surface area contributed by atoms with E-state index < -0.39 is 12.2 Å². The van der Waals surface area contributed by atoms with Crippen LogP contribution in [0.1, 0.15) is 29.2 Å². The van der Waals surface area contributed by atoms with Crippen LogP contribution in [0.2, 0.25) is 0 Å². The summed E-state index contributed by atoms with van der Waals surface area (Å²) >= 11 is 1.26. The highest BCUT2D eigenvalue weighted by Crippen LogP contribution is 2.26. The Balaban J connectivity index is 2.45. The molecule has 2 unspecified atom stereocenters. The Morgan fingerprint density at radius 1 is 1.47 bits per heavy atom. The van der Waals surface area contributed by atoms with Crippen LogP contribution in [0.3, 0.4) is 0 Å². The third kappa shape index (κ3) is 4.43. The van der Waals surface area contributed by atoms with E-state index in [0.29, 0.717) is 11.4 Å². The number of aliphatic hydroxyl groups is 3. The summed E-state index contributed by atoms with van der Waals surface area (Å²) in [5.41, 5.74) is 0. The van der Waals surface area contributed by atoms with Crippen LogP contribution >= 0.6 is 11.3 Å². The van der Waals surface area contributed by atoms with E-state index in [1.54, 1.807) is 12.1 Å². The van der Waals surface area contributed by atoms with Gasteiger partial charge in [-0.1, -0.05) is 0 Å². The average Bonchev–Trinajstić information content (AvgIpc) is 2.75. The third-order valence-electron chi connectivity index (χ3n) is 2.31. The molecule has 0 saturated heterocycles. The molecule has 17 heavy (non-hydrogen) atoms. The first kappa shape index (κ1) is 14.1. The lowest BCUT2D eigenvalue weighted by Gasteiger charge is -2.16. The van der Waals surface area contributed by atoms with Crippen molar-refractivity contribution in [1.29, 1.82) is 0 Å². The molecule has 6 heteroatoms. The molecule has 0 saturated carbocycles.